The molecule has 0 aliphatic rings. The fourth-order valence-electron chi connectivity index (χ4n) is 2.02. The molecule has 6 nitrogen and oxygen atoms in total. The first-order valence-electron chi connectivity index (χ1n) is 7.45. The summed E-state index contributed by atoms with van der Waals surface area (Å²) >= 11 is 0. The summed E-state index contributed by atoms with van der Waals surface area (Å²) in [7, 11) is 3.86. The third-order valence-corrected chi connectivity index (χ3v) is 3.32. The minimum Gasteiger partial charge on any atom is -0.508 e. The summed E-state index contributed by atoms with van der Waals surface area (Å²) in [5, 5.41) is 11.8. The number of anilines is 2. The van der Waals surface area contributed by atoms with Crippen LogP contribution in [-0.2, 0) is 20.7 Å². The summed E-state index contributed by atoms with van der Waals surface area (Å²) in [4.78, 5) is 25.5. The van der Waals surface area contributed by atoms with Gasteiger partial charge in [-0.3, -0.25) is 9.59 Å². The van der Waals surface area contributed by atoms with Crippen molar-refractivity contribution >= 4 is 23.3 Å². The number of esters is 1. The van der Waals surface area contributed by atoms with Crippen LogP contribution in [0.5, 0.6) is 5.75 Å². The normalized spacial score (nSPS) is 10.1. The van der Waals surface area contributed by atoms with Gasteiger partial charge in [-0.1, -0.05) is 12.1 Å². The molecule has 0 saturated heterocycles. The molecule has 1 amide bonds. The number of aromatic hydroxyl groups is 1. The second-order valence-corrected chi connectivity index (χ2v) is 5.49. The number of ether oxygens (including phenoxy) is 1. The molecule has 0 aromatic heterocycles. The molecule has 2 aromatic carbocycles. The second kappa shape index (κ2) is 8.01. The van der Waals surface area contributed by atoms with E-state index in [0.717, 1.165) is 5.69 Å². The number of phenolic OH excluding ortho intramolecular Hbond substituents is 1. The lowest BCUT2D eigenvalue weighted by Gasteiger charge is -2.13. The van der Waals surface area contributed by atoms with E-state index in [1.807, 2.05) is 31.1 Å². The van der Waals surface area contributed by atoms with Crippen LogP contribution in [0.25, 0.3) is 0 Å². The van der Waals surface area contributed by atoms with Crippen molar-refractivity contribution in [3.05, 3.63) is 54.1 Å². The molecule has 2 rings (SSSR count). The summed E-state index contributed by atoms with van der Waals surface area (Å²) in [6.07, 6.45) is 0.0467. The molecule has 24 heavy (non-hydrogen) atoms. The Morgan fingerprint density at radius 1 is 1.04 bits per heavy atom. The first-order valence-corrected chi connectivity index (χ1v) is 7.45. The fraction of sp³-hybridized carbons (Fsp3) is 0.222. The highest BCUT2D eigenvalue weighted by molar-refractivity contribution is 5.93. The molecule has 0 radical (unpaired) electrons. The predicted octanol–water partition coefficient (Wildman–Crippen LogP) is 2.18. The van der Waals surface area contributed by atoms with Gasteiger partial charge in [-0.25, -0.2) is 0 Å². The highest BCUT2D eigenvalue weighted by Gasteiger charge is 2.09. The Labute approximate surface area is 140 Å². The SMILES string of the molecule is CN(C)c1ccc(NC(=O)COC(=O)Cc2ccc(O)cc2)cc1. The highest BCUT2D eigenvalue weighted by atomic mass is 16.5. The molecule has 126 valence electrons. The summed E-state index contributed by atoms with van der Waals surface area (Å²) in [5.41, 5.74) is 2.37. The highest BCUT2D eigenvalue weighted by Crippen LogP contribution is 2.15. The number of nitrogens with zero attached hydrogens (tertiary/aromatic N) is 1. The molecule has 0 unspecified atom stereocenters. The molecule has 0 spiro atoms. The lowest BCUT2D eigenvalue weighted by Crippen LogP contribution is -2.21. The molecule has 0 atom stereocenters. The largest absolute Gasteiger partial charge is 0.508 e. The number of hydrogen-bond acceptors (Lipinski definition) is 5. The van der Waals surface area contributed by atoms with Crippen molar-refractivity contribution in [2.45, 2.75) is 6.42 Å². The zero-order valence-electron chi connectivity index (χ0n) is 13.7. The van der Waals surface area contributed by atoms with Crippen molar-refractivity contribution < 1.29 is 19.4 Å². The Morgan fingerprint density at radius 2 is 1.67 bits per heavy atom. The summed E-state index contributed by atoms with van der Waals surface area (Å²) in [6, 6.07) is 13.6. The van der Waals surface area contributed by atoms with E-state index in [1.165, 1.54) is 12.1 Å². The Morgan fingerprint density at radius 3 is 2.25 bits per heavy atom. The Balaban J connectivity index is 1.77. The second-order valence-electron chi connectivity index (χ2n) is 5.49. The number of rotatable bonds is 6. The number of hydrogen-bond donors (Lipinski definition) is 2. The molecule has 0 fully saturated rings. The van der Waals surface area contributed by atoms with Gasteiger partial charge in [-0.2, -0.15) is 0 Å². The Kier molecular flexibility index (Phi) is 5.78. The number of nitrogens with one attached hydrogen (secondary N) is 1. The third kappa shape index (κ3) is 5.31. The van der Waals surface area contributed by atoms with Crippen LogP contribution in [0.1, 0.15) is 5.56 Å². The smallest absolute Gasteiger partial charge is 0.310 e. The van der Waals surface area contributed by atoms with Gasteiger partial charge >= 0.3 is 5.97 Å². The number of amides is 1. The van der Waals surface area contributed by atoms with Crippen molar-refractivity contribution in [2.75, 3.05) is 30.9 Å². The number of benzene rings is 2. The van der Waals surface area contributed by atoms with Crippen LogP contribution in [0.15, 0.2) is 48.5 Å². The minimum atomic E-state index is -0.501. The van der Waals surface area contributed by atoms with Gasteiger partial charge < -0.3 is 20.1 Å². The van der Waals surface area contributed by atoms with E-state index in [9.17, 15) is 14.7 Å². The Bertz CT molecular complexity index is 694. The van der Waals surface area contributed by atoms with Gasteiger partial charge in [0.25, 0.3) is 5.91 Å². The average molecular weight is 328 g/mol. The fourth-order valence-corrected chi connectivity index (χ4v) is 2.02. The molecule has 2 aromatic rings. The number of carbonyl (C=O) groups is 2. The van der Waals surface area contributed by atoms with Crippen LogP contribution in [0, 0.1) is 0 Å². The van der Waals surface area contributed by atoms with Crippen molar-refractivity contribution in [1.82, 2.24) is 0 Å². The standard InChI is InChI=1S/C18H20N2O4/c1-20(2)15-7-5-14(6-8-15)19-17(22)12-24-18(23)11-13-3-9-16(21)10-4-13/h3-10,21H,11-12H2,1-2H3,(H,19,22). The van der Waals surface area contributed by atoms with Crippen molar-refractivity contribution in [3.8, 4) is 5.75 Å². The van der Waals surface area contributed by atoms with Gasteiger partial charge in [-0.05, 0) is 42.0 Å². The van der Waals surface area contributed by atoms with Crippen molar-refractivity contribution in [3.63, 3.8) is 0 Å². The molecule has 6 heteroatoms. The third-order valence-electron chi connectivity index (χ3n) is 3.32. The average Bonchev–Trinajstić information content (AvgIpc) is 2.55. The summed E-state index contributed by atoms with van der Waals surface area (Å²) < 4.78 is 4.95. The topological polar surface area (TPSA) is 78.9 Å². The molecule has 0 heterocycles. The van der Waals surface area contributed by atoms with E-state index in [4.69, 9.17) is 4.74 Å². The van der Waals surface area contributed by atoms with Crippen LogP contribution in [-0.4, -0.2) is 37.7 Å². The van der Waals surface area contributed by atoms with Crippen LogP contribution < -0.4 is 10.2 Å². The first-order chi connectivity index (χ1) is 11.4. The Hall–Kier alpha value is -3.02. The van der Waals surface area contributed by atoms with Crippen LogP contribution >= 0.6 is 0 Å². The van der Waals surface area contributed by atoms with Crippen LogP contribution in [0.2, 0.25) is 0 Å². The van der Waals surface area contributed by atoms with Gasteiger partial charge in [0.1, 0.15) is 5.75 Å². The van der Waals surface area contributed by atoms with Gasteiger partial charge in [-0.15, -0.1) is 0 Å². The maximum absolute atomic E-state index is 11.8. The van der Waals surface area contributed by atoms with E-state index < -0.39 is 11.9 Å². The van der Waals surface area contributed by atoms with E-state index in [0.29, 0.717) is 11.3 Å². The number of phenols is 1. The zero-order valence-corrected chi connectivity index (χ0v) is 13.7. The quantitative estimate of drug-likeness (QED) is 0.795. The van der Waals surface area contributed by atoms with E-state index in [-0.39, 0.29) is 18.8 Å². The van der Waals surface area contributed by atoms with Gasteiger partial charge in [0.15, 0.2) is 6.61 Å². The summed E-state index contributed by atoms with van der Waals surface area (Å²) in [6.45, 7) is -0.341. The van der Waals surface area contributed by atoms with E-state index in [2.05, 4.69) is 5.32 Å². The minimum absolute atomic E-state index is 0.0467. The van der Waals surface area contributed by atoms with E-state index >= 15 is 0 Å². The number of carbonyl (C=O) groups excluding carboxylic acids is 2. The van der Waals surface area contributed by atoms with Gasteiger partial charge in [0, 0.05) is 25.5 Å². The van der Waals surface area contributed by atoms with Gasteiger partial charge in [0.05, 0.1) is 6.42 Å². The van der Waals surface area contributed by atoms with Crippen LogP contribution in [0.3, 0.4) is 0 Å². The lowest BCUT2D eigenvalue weighted by atomic mass is 10.1. The molecule has 2 N–H and O–H groups in total. The van der Waals surface area contributed by atoms with Crippen LogP contribution in [0.4, 0.5) is 11.4 Å². The van der Waals surface area contributed by atoms with E-state index in [1.54, 1.807) is 24.3 Å². The lowest BCUT2D eigenvalue weighted by molar-refractivity contribution is -0.146. The maximum Gasteiger partial charge on any atom is 0.310 e. The molecule has 0 aliphatic carbocycles. The molecule has 0 saturated carbocycles. The monoisotopic (exact) mass is 328 g/mol. The predicted molar refractivity (Wildman–Crippen MR) is 92.2 cm³/mol. The maximum atomic E-state index is 11.8. The van der Waals surface area contributed by atoms with Crippen molar-refractivity contribution in [1.29, 1.82) is 0 Å². The molecule has 0 bridgehead atoms. The molecular weight excluding hydrogens is 308 g/mol. The molecular formula is C18H20N2O4. The zero-order chi connectivity index (χ0) is 17.5. The van der Waals surface area contributed by atoms with Gasteiger partial charge in [0.2, 0.25) is 0 Å². The van der Waals surface area contributed by atoms with Crippen molar-refractivity contribution in [2.24, 2.45) is 0 Å². The first kappa shape index (κ1) is 17.3. The molecule has 0 aliphatic heterocycles. The summed E-state index contributed by atoms with van der Waals surface area (Å²) in [5.74, 6) is -0.766.